The van der Waals surface area contributed by atoms with Gasteiger partial charge in [0.25, 0.3) is 0 Å². The molecule has 1 aromatic heterocycles. The van der Waals surface area contributed by atoms with E-state index in [1.165, 1.54) is 0 Å². The highest BCUT2D eigenvalue weighted by atomic mass is 16.4. The molecule has 3 nitrogen and oxygen atoms in total. The van der Waals surface area contributed by atoms with Gasteiger partial charge < -0.3 is 9.52 Å². The van der Waals surface area contributed by atoms with Gasteiger partial charge in [-0.3, -0.25) is 4.79 Å². The van der Waals surface area contributed by atoms with Crippen LogP contribution in [0.2, 0.25) is 0 Å². The van der Waals surface area contributed by atoms with Crippen molar-refractivity contribution in [2.24, 2.45) is 5.92 Å². The van der Waals surface area contributed by atoms with E-state index in [0.717, 1.165) is 42.2 Å². The van der Waals surface area contributed by atoms with Crippen molar-refractivity contribution < 1.29 is 14.3 Å². The lowest BCUT2D eigenvalue weighted by molar-refractivity contribution is -0.143. The first-order valence-electron chi connectivity index (χ1n) is 6.46. The molecule has 2 aromatic rings. The fourth-order valence-corrected chi connectivity index (χ4v) is 3.08. The van der Waals surface area contributed by atoms with Gasteiger partial charge in [0.15, 0.2) is 0 Å². The number of furan rings is 1. The van der Waals surface area contributed by atoms with Gasteiger partial charge in [-0.15, -0.1) is 0 Å². The molecule has 1 aliphatic rings. The summed E-state index contributed by atoms with van der Waals surface area (Å²) in [6.07, 6.45) is 5.59. The molecule has 0 saturated heterocycles. The fraction of sp³-hybridized carbons (Fsp3) is 0.400. The topological polar surface area (TPSA) is 50.4 Å². The highest BCUT2D eigenvalue weighted by Crippen LogP contribution is 2.41. The number of benzene rings is 1. The van der Waals surface area contributed by atoms with Gasteiger partial charge in [-0.2, -0.15) is 0 Å². The second-order valence-electron chi connectivity index (χ2n) is 5.02. The molecule has 0 radical (unpaired) electrons. The summed E-state index contributed by atoms with van der Waals surface area (Å²) in [5, 5.41) is 10.4. The van der Waals surface area contributed by atoms with E-state index >= 15 is 0 Å². The molecule has 1 N–H and O–H groups in total. The second kappa shape index (κ2) is 4.48. The third-order valence-corrected chi connectivity index (χ3v) is 3.99. The van der Waals surface area contributed by atoms with Crippen molar-refractivity contribution in [3.63, 3.8) is 0 Å². The molecule has 3 rings (SSSR count). The number of carbonyl (C=O) groups is 1. The maximum atomic E-state index is 11.4. The van der Waals surface area contributed by atoms with Gasteiger partial charge in [0.2, 0.25) is 0 Å². The summed E-state index contributed by atoms with van der Waals surface area (Å²) < 4.78 is 5.54. The molecule has 3 heteroatoms. The average molecular weight is 244 g/mol. The quantitative estimate of drug-likeness (QED) is 0.874. The number of hydrogen-bond donors (Lipinski definition) is 1. The molecule has 18 heavy (non-hydrogen) atoms. The van der Waals surface area contributed by atoms with Crippen molar-refractivity contribution >= 4 is 16.9 Å². The van der Waals surface area contributed by atoms with Crippen LogP contribution in [0.5, 0.6) is 0 Å². The molecule has 0 spiro atoms. The molecule has 0 amide bonds. The number of aliphatic carboxylic acids is 1. The van der Waals surface area contributed by atoms with Gasteiger partial charge in [-0.25, -0.2) is 0 Å². The Balaban J connectivity index is 2.04. The van der Waals surface area contributed by atoms with E-state index in [1.54, 1.807) is 6.26 Å². The Hall–Kier alpha value is -1.77. The Labute approximate surface area is 105 Å². The minimum absolute atomic E-state index is 0.0971. The van der Waals surface area contributed by atoms with Crippen LogP contribution in [0.3, 0.4) is 0 Å². The molecule has 0 bridgehead atoms. The monoisotopic (exact) mass is 244 g/mol. The maximum absolute atomic E-state index is 11.4. The minimum Gasteiger partial charge on any atom is -0.481 e. The van der Waals surface area contributed by atoms with Crippen LogP contribution in [0.1, 0.15) is 37.2 Å². The van der Waals surface area contributed by atoms with E-state index in [9.17, 15) is 9.90 Å². The summed E-state index contributed by atoms with van der Waals surface area (Å²) >= 11 is 0. The van der Waals surface area contributed by atoms with E-state index in [-0.39, 0.29) is 11.8 Å². The number of rotatable bonds is 2. The Morgan fingerprint density at radius 3 is 2.83 bits per heavy atom. The van der Waals surface area contributed by atoms with E-state index < -0.39 is 5.97 Å². The standard InChI is InChI=1S/C15H16O3/c16-15(17)12-7-2-1-5-10(12)13-9-18-14-8-4-3-6-11(13)14/h3-4,6,8-10,12H,1-2,5,7H2,(H,16,17). The first kappa shape index (κ1) is 11.3. The molecule has 2 unspecified atom stereocenters. The highest BCUT2D eigenvalue weighted by molar-refractivity contribution is 5.82. The Morgan fingerprint density at radius 2 is 2.00 bits per heavy atom. The fourth-order valence-electron chi connectivity index (χ4n) is 3.08. The first-order valence-corrected chi connectivity index (χ1v) is 6.46. The van der Waals surface area contributed by atoms with Gasteiger partial charge in [-0.1, -0.05) is 31.0 Å². The molecular formula is C15H16O3. The summed E-state index contributed by atoms with van der Waals surface area (Å²) in [6.45, 7) is 0. The van der Waals surface area contributed by atoms with Gasteiger partial charge in [0.1, 0.15) is 5.58 Å². The zero-order valence-electron chi connectivity index (χ0n) is 10.1. The van der Waals surface area contributed by atoms with Crippen LogP contribution in [0.25, 0.3) is 11.0 Å². The van der Waals surface area contributed by atoms with Crippen LogP contribution in [0.4, 0.5) is 0 Å². The van der Waals surface area contributed by atoms with Gasteiger partial charge in [0, 0.05) is 16.9 Å². The lowest BCUT2D eigenvalue weighted by atomic mass is 9.75. The number of fused-ring (bicyclic) bond motifs is 1. The van der Waals surface area contributed by atoms with Gasteiger partial charge in [-0.05, 0) is 18.9 Å². The lowest BCUT2D eigenvalue weighted by Crippen LogP contribution is -2.25. The summed E-state index contributed by atoms with van der Waals surface area (Å²) in [6, 6.07) is 7.85. The zero-order chi connectivity index (χ0) is 12.5. The SMILES string of the molecule is O=C(O)C1CCCCC1c1coc2ccccc12. The van der Waals surface area contributed by atoms with Crippen LogP contribution in [0.15, 0.2) is 34.9 Å². The van der Waals surface area contributed by atoms with Crippen molar-refractivity contribution in [2.75, 3.05) is 0 Å². The Morgan fingerprint density at radius 1 is 1.22 bits per heavy atom. The van der Waals surface area contributed by atoms with E-state index in [0.29, 0.717) is 0 Å². The minimum atomic E-state index is -0.676. The molecule has 1 heterocycles. The largest absolute Gasteiger partial charge is 0.481 e. The van der Waals surface area contributed by atoms with Crippen LogP contribution >= 0.6 is 0 Å². The Kier molecular flexibility index (Phi) is 2.82. The van der Waals surface area contributed by atoms with Crippen LogP contribution in [0, 0.1) is 5.92 Å². The predicted octanol–water partition coefficient (Wildman–Crippen LogP) is 3.79. The summed E-state index contributed by atoms with van der Waals surface area (Å²) in [7, 11) is 0. The van der Waals surface area contributed by atoms with Crippen LogP contribution in [-0.2, 0) is 4.79 Å². The zero-order valence-corrected chi connectivity index (χ0v) is 10.1. The number of para-hydroxylation sites is 1. The highest BCUT2D eigenvalue weighted by Gasteiger charge is 2.33. The van der Waals surface area contributed by atoms with Crippen molar-refractivity contribution in [1.82, 2.24) is 0 Å². The molecule has 1 saturated carbocycles. The maximum Gasteiger partial charge on any atom is 0.307 e. The third kappa shape index (κ3) is 1.80. The molecule has 0 aliphatic heterocycles. The van der Waals surface area contributed by atoms with Gasteiger partial charge in [0.05, 0.1) is 12.2 Å². The summed E-state index contributed by atoms with van der Waals surface area (Å²) in [4.78, 5) is 11.4. The number of carboxylic acid groups (broad SMARTS) is 1. The molecule has 2 atom stereocenters. The van der Waals surface area contributed by atoms with E-state index in [4.69, 9.17) is 4.42 Å². The van der Waals surface area contributed by atoms with Crippen molar-refractivity contribution in [3.8, 4) is 0 Å². The van der Waals surface area contributed by atoms with Crippen LogP contribution < -0.4 is 0 Å². The smallest absolute Gasteiger partial charge is 0.307 e. The van der Waals surface area contributed by atoms with Gasteiger partial charge >= 0.3 is 5.97 Å². The molecule has 1 aromatic carbocycles. The van der Waals surface area contributed by atoms with Crippen molar-refractivity contribution in [1.29, 1.82) is 0 Å². The van der Waals surface area contributed by atoms with E-state index in [2.05, 4.69) is 0 Å². The number of hydrogen-bond acceptors (Lipinski definition) is 2. The molecule has 94 valence electrons. The second-order valence-corrected chi connectivity index (χ2v) is 5.02. The predicted molar refractivity (Wildman–Crippen MR) is 68.5 cm³/mol. The van der Waals surface area contributed by atoms with Crippen molar-refractivity contribution in [2.45, 2.75) is 31.6 Å². The molecule has 1 aliphatic carbocycles. The third-order valence-electron chi connectivity index (χ3n) is 3.99. The summed E-state index contributed by atoms with van der Waals surface area (Å²) in [5.41, 5.74) is 1.92. The Bertz CT molecular complexity index is 570. The lowest BCUT2D eigenvalue weighted by Gasteiger charge is -2.27. The average Bonchev–Trinajstić information content (AvgIpc) is 2.82. The summed E-state index contributed by atoms with van der Waals surface area (Å²) in [5.74, 6) is -0.843. The van der Waals surface area contributed by atoms with Crippen molar-refractivity contribution in [3.05, 3.63) is 36.1 Å². The first-order chi connectivity index (χ1) is 8.77. The van der Waals surface area contributed by atoms with Crippen LogP contribution in [-0.4, -0.2) is 11.1 Å². The van der Waals surface area contributed by atoms with E-state index in [1.807, 2.05) is 24.3 Å². The molecular weight excluding hydrogens is 228 g/mol. The number of carboxylic acids is 1. The normalized spacial score (nSPS) is 24.2. The molecule has 1 fully saturated rings.